The van der Waals surface area contributed by atoms with Crippen LogP contribution in [0.15, 0.2) is 29.2 Å². The number of hydrogen-bond acceptors (Lipinski definition) is 6. The highest BCUT2D eigenvalue weighted by Crippen LogP contribution is 2.34. The minimum atomic E-state index is 0.597. The van der Waals surface area contributed by atoms with Gasteiger partial charge in [-0.05, 0) is 42.4 Å². The number of nitrogens with zero attached hydrogens (tertiary/aromatic N) is 1. The van der Waals surface area contributed by atoms with Crippen molar-refractivity contribution in [2.24, 2.45) is 0 Å². The largest absolute Gasteiger partial charge is 0.492 e. The zero-order chi connectivity index (χ0) is 13.7. The van der Waals surface area contributed by atoms with E-state index in [1.807, 2.05) is 24.5 Å². The Hall–Kier alpha value is -1.40. The van der Waals surface area contributed by atoms with Crippen molar-refractivity contribution in [1.29, 1.82) is 0 Å². The normalized spacial score (nSPS) is 10.4. The van der Waals surface area contributed by atoms with Crippen LogP contribution in [-0.4, -0.2) is 23.8 Å². The number of nitrogens with two attached hydrogens (primary N) is 1. The van der Waals surface area contributed by atoms with E-state index < -0.39 is 0 Å². The van der Waals surface area contributed by atoms with Crippen LogP contribution in [0, 0.1) is 6.92 Å². The number of ether oxygens (including phenoxy) is 1. The second-order valence-corrected chi connectivity index (χ2v) is 5.61. The number of nitrogens with one attached hydrogen (secondary N) is 1. The summed E-state index contributed by atoms with van der Waals surface area (Å²) < 4.78 is 9.80. The Bertz CT molecular complexity index is 542. The van der Waals surface area contributed by atoms with Gasteiger partial charge in [-0.3, -0.25) is 0 Å². The highest BCUT2D eigenvalue weighted by atomic mass is 32.2. The second-order valence-electron chi connectivity index (χ2n) is 4.02. The van der Waals surface area contributed by atoms with Gasteiger partial charge in [0.2, 0.25) is 0 Å². The van der Waals surface area contributed by atoms with Gasteiger partial charge in [0, 0.05) is 6.54 Å². The third-order valence-electron chi connectivity index (χ3n) is 2.52. The molecule has 0 spiro atoms. The van der Waals surface area contributed by atoms with Crippen LogP contribution in [0.4, 0.5) is 10.8 Å². The maximum Gasteiger partial charge on any atom is 0.153 e. The molecule has 0 aliphatic rings. The van der Waals surface area contributed by atoms with Gasteiger partial charge in [0.05, 0.1) is 4.90 Å². The number of nitrogen functional groups attached to an aromatic ring is 1. The molecule has 1 heterocycles. The van der Waals surface area contributed by atoms with Crippen molar-refractivity contribution in [3.05, 3.63) is 29.8 Å². The standard InChI is InChI=1S/C13H17N3OS2/c1-9-4-3-5-10(8-9)17-7-6-15-13-11(18-2)12(14)16-19-13/h3-5,8,15H,6-7H2,1-2H3,(H2,14,16). The van der Waals surface area contributed by atoms with Gasteiger partial charge in [0.1, 0.15) is 17.4 Å². The van der Waals surface area contributed by atoms with Crippen molar-refractivity contribution < 1.29 is 4.74 Å². The molecule has 1 aromatic carbocycles. The molecule has 0 aliphatic heterocycles. The van der Waals surface area contributed by atoms with E-state index in [1.165, 1.54) is 17.1 Å². The van der Waals surface area contributed by atoms with Gasteiger partial charge >= 0.3 is 0 Å². The summed E-state index contributed by atoms with van der Waals surface area (Å²) in [6.45, 7) is 3.38. The highest BCUT2D eigenvalue weighted by molar-refractivity contribution is 7.99. The molecule has 0 saturated carbocycles. The van der Waals surface area contributed by atoms with Crippen molar-refractivity contribution in [3.8, 4) is 5.75 Å². The summed E-state index contributed by atoms with van der Waals surface area (Å²) in [7, 11) is 0. The van der Waals surface area contributed by atoms with Crippen LogP contribution in [0.5, 0.6) is 5.75 Å². The molecule has 102 valence electrons. The lowest BCUT2D eigenvalue weighted by atomic mass is 10.2. The molecule has 0 amide bonds. The van der Waals surface area contributed by atoms with E-state index >= 15 is 0 Å². The summed E-state index contributed by atoms with van der Waals surface area (Å²) in [6, 6.07) is 8.03. The lowest BCUT2D eigenvalue weighted by Gasteiger charge is -2.08. The smallest absolute Gasteiger partial charge is 0.153 e. The monoisotopic (exact) mass is 295 g/mol. The SMILES string of the molecule is CSc1c(N)nsc1NCCOc1cccc(C)c1. The molecular formula is C13H17N3OS2. The molecule has 0 saturated heterocycles. The molecule has 0 bridgehead atoms. The summed E-state index contributed by atoms with van der Waals surface area (Å²) in [5.41, 5.74) is 6.97. The Morgan fingerprint density at radius 2 is 2.32 bits per heavy atom. The van der Waals surface area contributed by atoms with Crippen LogP contribution in [0.2, 0.25) is 0 Å². The van der Waals surface area contributed by atoms with Crippen molar-refractivity contribution >= 4 is 34.1 Å². The van der Waals surface area contributed by atoms with Crippen molar-refractivity contribution in [2.45, 2.75) is 11.8 Å². The molecule has 0 atom stereocenters. The summed E-state index contributed by atoms with van der Waals surface area (Å²) in [6.07, 6.45) is 1.99. The van der Waals surface area contributed by atoms with Crippen LogP contribution >= 0.6 is 23.3 Å². The van der Waals surface area contributed by atoms with Gasteiger partial charge in [-0.15, -0.1) is 11.8 Å². The van der Waals surface area contributed by atoms with E-state index in [2.05, 4.69) is 22.7 Å². The number of anilines is 2. The Labute approximate surface area is 121 Å². The third kappa shape index (κ3) is 3.78. The van der Waals surface area contributed by atoms with Gasteiger partial charge < -0.3 is 15.8 Å². The first kappa shape index (κ1) is 14.0. The van der Waals surface area contributed by atoms with Crippen LogP contribution < -0.4 is 15.8 Å². The fraction of sp³-hybridized carbons (Fsp3) is 0.308. The molecule has 0 radical (unpaired) electrons. The number of aryl methyl sites for hydroxylation is 1. The molecule has 0 unspecified atom stereocenters. The van der Waals surface area contributed by atoms with Gasteiger partial charge in [-0.1, -0.05) is 12.1 Å². The van der Waals surface area contributed by atoms with E-state index in [4.69, 9.17) is 10.5 Å². The summed E-state index contributed by atoms with van der Waals surface area (Å²) in [5.74, 6) is 1.50. The number of rotatable bonds is 6. The lowest BCUT2D eigenvalue weighted by molar-refractivity contribution is 0.332. The van der Waals surface area contributed by atoms with E-state index in [0.717, 1.165) is 22.2 Å². The molecule has 0 aliphatic carbocycles. The molecule has 1 aromatic heterocycles. The molecule has 0 fully saturated rings. The number of hydrogen-bond donors (Lipinski definition) is 2. The van der Waals surface area contributed by atoms with Crippen molar-refractivity contribution in [2.75, 3.05) is 30.5 Å². The van der Waals surface area contributed by atoms with E-state index in [0.29, 0.717) is 12.4 Å². The van der Waals surface area contributed by atoms with Gasteiger partial charge in [-0.25, -0.2) is 0 Å². The molecule has 2 rings (SSSR count). The van der Waals surface area contributed by atoms with Gasteiger partial charge in [0.15, 0.2) is 5.82 Å². The minimum Gasteiger partial charge on any atom is -0.492 e. The molecule has 2 aromatic rings. The maximum atomic E-state index is 5.77. The number of thioether (sulfide) groups is 1. The van der Waals surface area contributed by atoms with Gasteiger partial charge in [0.25, 0.3) is 0 Å². The Kier molecular flexibility index (Phi) is 4.93. The maximum absolute atomic E-state index is 5.77. The summed E-state index contributed by atoms with van der Waals surface area (Å²) >= 11 is 2.99. The van der Waals surface area contributed by atoms with Crippen molar-refractivity contribution in [3.63, 3.8) is 0 Å². The number of aromatic nitrogens is 1. The lowest BCUT2D eigenvalue weighted by Crippen LogP contribution is -2.11. The summed E-state index contributed by atoms with van der Waals surface area (Å²) in [4.78, 5) is 1.01. The molecule has 4 nitrogen and oxygen atoms in total. The molecule has 19 heavy (non-hydrogen) atoms. The zero-order valence-electron chi connectivity index (χ0n) is 11.0. The first-order valence-corrected chi connectivity index (χ1v) is 7.93. The summed E-state index contributed by atoms with van der Waals surface area (Å²) in [5, 5.41) is 4.31. The second kappa shape index (κ2) is 6.68. The van der Waals surface area contributed by atoms with Gasteiger partial charge in [-0.2, -0.15) is 4.37 Å². The fourth-order valence-corrected chi connectivity index (χ4v) is 3.21. The molecular weight excluding hydrogens is 278 g/mol. The van der Waals surface area contributed by atoms with Crippen LogP contribution in [0.3, 0.4) is 0 Å². The first-order chi connectivity index (χ1) is 9.20. The predicted molar refractivity (Wildman–Crippen MR) is 83.5 cm³/mol. The van der Waals surface area contributed by atoms with Crippen LogP contribution in [0.25, 0.3) is 0 Å². The number of benzene rings is 1. The zero-order valence-corrected chi connectivity index (χ0v) is 12.6. The fourth-order valence-electron chi connectivity index (χ4n) is 1.64. The van der Waals surface area contributed by atoms with E-state index in [1.54, 1.807) is 11.8 Å². The van der Waals surface area contributed by atoms with Crippen LogP contribution in [0.1, 0.15) is 5.56 Å². The minimum absolute atomic E-state index is 0.597. The average molecular weight is 295 g/mol. The Morgan fingerprint density at radius 1 is 1.47 bits per heavy atom. The predicted octanol–water partition coefficient (Wildman–Crippen LogP) is 3.25. The van der Waals surface area contributed by atoms with Crippen LogP contribution in [-0.2, 0) is 0 Å². The molecule has 6 heteroatoms. The molecule has 3 N–H and O–H groups in total. The highest BCUT2D eigenvalue weighted by Gasteiger charge is 2.09. The Morgan fingerprint density at radius 3 is 3.05 bits per heavy atom. The first-order valence-electron chi connectivity index (χ1n) is 5.93. The average Bonchev–Trinajstić information content (AvgIpc) is 2.75. The van der Waals surface area contributed by atoms with E-state index in [9.17, 15) is 0 Å². The van der Waals surface area contributed by atoms with Crippen molar-refractivity contribution in [1.82, 2.24) is 4.37 Å². The topological polar surface area (TPSA) is 60.2 Å². The Balaban J connectivity index is 1.81. The van der Waals surface area contributed by atoms with E-state index in [-0.39, 0.29) is 0 Å². The third-order valence-corrected chi connectivity index (χ3v) is 4.29. The quantitative estimate of drug-likeness (QED) is 0.633.